The molecule has 0 spiro atoms. The fourth-order valence-corrected chi connectivity index (χ4v) is 21.6. The van der Waals surface area contributed by atoms with Crippen LogP contribution >= 0.6 is 0 Å². The van der Waals surface area contributed by atoms with Crippen molar-refractivity contribution in [3.8, 4) is 135 Å². The minimum atomic E-state index is 0.685. The Morgan fingerprint density at radius 1 is 0.123 bits per heavy atom. The van der Waals surface area contributed by atoms with Crippen molar-refractivity contribution in [3.63, 3.8) is 0 Å². The third-order valence-corrected chi connectivity index (χ3v) is 28.7. The largest absolute Gasteiger partial charge is 0.256 e. The summed E-state index contributed by atoms with van der Waals surface area (Å²) in [7, 11) is 0. The lowest BCUT2D eigenvalue weighted by Crippen LogP contribution is -1.97. The zero-order chi connectivity index (χ0) is 96.5. The highest BCUT2D eigenvalue weighted by Crippen LogP contribution is 2.47. The zero-order valence-corrected chi connectivity index (χ0v) is 79.1. The van der Waals surface area contributed by atoms with Crippen LogP contribution in [0, 0.1) is 0 Å². The molecular formula is C137H85N9. The van der Waals surface area contributed by atoms with E-state index in [0.29, 0.717) is 17.5 Å². The molecule has 0 saturated heterocycles. The first-order chi connectivity index (χ1) is 72.3. The maximum absolute atomic E-state index is 5.32. The van der Waals surface area contributed by atoms with Gasteiger partial charge in [0.2, 0.25) is 0 Å². The average Bonchev–Trinajstić information content (AvgIpc) is 0.748. The lowest BCUT2D eigenvalue weighted by atomic mass is 9.93. The molecule has 678 valence electrons. The standard InChI is InChI=1S/2C47H29N3.C43H27N3/c1-6-16-37-30(11-1)25-26-48-46(37)31-21-23-32(24-22-31)47-49-44(42-27-33-12-2-4-14-35(33)38-17-7-9-19-40(38)42)29-45(50-47)43-28-34-13-3-5-15-36(34)39-18-8-10-20-41(39)43;1-4-14-36-32(11-1)26-42(40-18-8-6-16-38(36)40)45-28-46(43-27-33-12-2-5-15-37(33)39-17-7-9-19-41(39)43)50-47(49-45)31-23-21-30(22-24-31)35-25-34-13-3-10-20-44(34)48-29-35;1-3-13-32-30(11-1)25-38(36-17-7-5-15-34(32)36)41-27-42(39-26-31-12-2-4-14-33(31)35-16-6-8-18-37(35)39)46-43(45-41)29-22-20-28(21-23-29)40-19-9-10-24-44-40/h2*1-29H;1-27H. The van der Waals surface area contributed by atoms with Gasteiger partial charge in [0.05, 0.1) is 51.1 Å². The molecule has 0 aliphatic rings. The molecule has 9 heteroatoms. The molecular weight excluding hydrogens is 1770 g/mol. The molecule has 6 heterocycles. The number of pyridine rings is 3. The third kappa shape index (κ3) is 15.7. The summed E-state index contributed by atoms with van der Waals surface area (Å²) in [5, 5.41) is 32.3. The highest BCUT2D eigenvalue weighted by Gasteiger charge is 2.24. The number of aromatic nitrogens is 9. The van der Waals surface area contributed by atoms with Gasteiger partial charge in [-0.2, -0.15) is 0 Å². The van der Waals surface area contributed by atoms with E-state index in [1.54, 1.807) is 0 Å². The summed E-state index contributed by atoms with van der Waals surface area (Å²) in [5.74, 6) is 2.06. The maximum atomic E-state index is 5.32. The highest BCUT2D eigenvalue weighted by molar-refractivity contribution is 6.20. The Labute approximate surface area is 841 Å². The van der Waals surface area contributed by atoms with E-state index in [2.05, 4.69) is 472 Å². The Hall–Kier alpha value is -19.6. The molecule has 9 nitrogen and oxygen atoms in total. The number of fused-ring (bicyclic) bond motifs is 20. The van der Waals surface area contributed by atoms with Gasteiger partial charge in [0.15, 0.2) is 17.5 Å². The fraction of sp³-hybridized carbons (Fsp3) is 0. The van der Waals surface area contributed by atoms with Crippen molar-refractivity contribution in [1.29, 1.82) is 0 Å². The normalized spacial score (nSPS) is 11.6. The summed E-state index contributed by atoms with van der Waals surface area (Å²) >= 11 is 0. The van der Waals surface area contributed by atoms with Gasteiger partial charge < -0.3 is 0 Å². The molecule has 0 bridgehead atoms. The number of nitrogens with zero attached hydrogens (tertiary/aromatic N) is 9. The van der Waals surface area contributed by atoms with Crippen molar-refractivity contribution in [3.05, 3.63) is 516 Å². The first kappa shape index (κ1) is 85.6. The molecule has 29 rings (SSSR count). The Morgan fingerprint density at radius 2 is 0.370 bits per heavy atom. The maximum Gasteiger partial charge on any atom is 0.160 e. The predicted molar refractivity (Wildman–Crippen MR) is 610 cm³/mol. The SMILES string of the molecule is c1ccc(-c2ccc(-c3nc(-c4cc5ccccc5c5ccccc45)cc(-c4cc5ccccc5c5ccccc45)n3)cc2)nc1.c1ccc2c(-c3ccc(-c4nc(-c5cc6ccccc6c6ccccc56)cc(-c5cc6ccccc6c6ccccc56)n4)cc3)nccc2c1.c1ccc2ncc(-c3ccc(-c4nc(-c5cc6ccccc6c6ccccc56)cc(-c5cc6ccccc6c6ccccc56)n4)cc3)cc2c1. The van der Waals surface area contributed by atoms with Gasteiger partial charge in [-0.1, -0.05) is 413 Å². The van der Waals surface area contributed by atoms with Gasteiger partial charge in [-0.05, 0) is 225 Å². The number of benzene rings is 23. The van der Waals surface area contributed by atoms with E-state index >= 15 is 0 Å². The Kier molecular flexibility index (Phi) is 21.4. The second kappa shape index (κ2) is 36.6. The lowest BCUT2D eigenvalue weighted by molar-refractivity contribution is 1.19. The van der Waals surface area contributed by atoms with Crippen LogP contribution in [0.5, 0.6) is 0 Å². The number of hydrogen-bond acceptors (Lipinski definition) is 9. The number of rotatable bonds is 12. The van der Waals surface area contributed by atoms with Gasteiger partial charge in [0.1, 0.15) is 0 Å². The summed E-state index contributed by atoms with van der Waals surface area (Å²) in [4.78, 5) is 45.8. The van der Waals surface area contributed by atoms with E-state index in [-0.39, 0.29) is 0 Å². The summed E-state index contributed by atoms with van der Waals surface area (Å²) in [6.07, 6.45) is 5.65. The van der Waals surface area contributed by atoms with Crippen LogP contribution in [-0.2, 0) is 0 Å². The second-order valence-corrected chi connectivity index (χ2v) is 37.3. The highest BCUT2D eigenvalue weighted by atomic mass is 14.9. The summed E-state index contributed by atoms with van der Waals surface area (Å²) in [6.45, 7) is 0. The summed E-state index contributed by atoms with van der Waals surface area (Å²) in [5.41, 5.74) is 22.0. The van der Waals surface area contributed by atoms with Crippen molar-refractivity contribution in [2.24, 2.45) is 0 Å². The Balaban J connectivity index is 0.000000109. The molecule has 29 aromatic rings. The predicted octanol–water partition coefficient (Wildman–Crippen LogP) is 35.8. The molecule has 0 N–H and O–H groups in total. The molecule has 0 aliphatic carbocycles. The molecule has 0 unspecified atom stereocenters. The van der Waals surface area contributed by atoms with Crippen molar-refractivity contribution in [1.82, 2.24) is 44.9 Å². The van der Waals surface area contributed by atoms with Gasteiger partial charge >= 0.3 is 0 Å². The topological polar surface area (TPSA) is 116 Å². The lowest BCUT2D eigenvalue weighted by Gasteiger charge is -2.15. The quantitative estimate of drug-likeness (QED) is 0.110. The van der Waals surface area contributed by atoms with E-state index in [9.17, 15) is 0 Å². The smallest absolute Gasteiger partial charge is 0.160 e. The first-order valence-corrected chi connectivity index (χ1v) is 49.4. The summed E-state index contributed by atoms with van der Waals surface area (Å²) in [6, 6.07) is 176. The van der Waals surface area contributed by atoms with Crippen molar-refractivity contribution < 1.29 is 0 Å². The van der Waals surface area contributed by atoms with Crippen LogP contribution in [0.1, 0.15) is 0 Å². The van der Waals surface area contributed by atoms with Gasteiger partial charge in [-0.25, -0.2) is 29.9 Å². The molecule has 146 heavy (non-hydrogen) atoms. The second-order valence-electron chi connectivity index (χ2n) is 37.3. The van der Waals surface area contributed by atoms with E-state index in [1.807, 2.05) is 48.9 Å². The van der Waals surface area contributed by atoms with Crippen molar-refractivity contribution >= 4 is 151 Å². The molecule has 0 aliphatic heterocycles. The van der Waals surface area contributed by atoms with Crippen LogP contribution < -0.4 is 0 Å². The van der Waals surface area contributed by atoms with Crippen LogP contribution in [0.4, 0.5) is 0 Å². The molecule has 0 atom stereocenters. The Bertz CT molecular complexity index is 9860. The number of hydrogen-bond donors (Lipinski definition) is 0. The van der Waals surface area contributed by atoms with Crippen LogP contribution in [-0.4, -0.2) is 44.9 Å². The first-order valence-electron chi connectivity index (χ1n) is 49.4. The minimum absolute atomic E-state index is 0.685. The molecule has 6 aromatic heterocycles. The monoisotopic (exact) mass is 1860 g/mol. The van der Waals surface area contributed by atoms with E-state index in [0.717, 1.165) is 134 Å². The molecule has 23 aromatic carbocycles. The van der Waals surface area contributed by atoms with Crippen LogP contribution in [0.15, 0.2) is 516 Å². The van der Waals surface area contributed by atoms with Crippen LogP contribution in [0.2, 0.25) is 0 Å². The average molecular weight is 1860 g/mol. The molecule has 0 radical (unpaired) electrons. The van der Waals surface area contributed by atoms with Gasteiger partial charge in [0.25, 0.3) is 0 Å². The fourth-order valence-electron chi connectivity index (χ4n) is 21.6. The molecule has 0 saturated carbocycles. The Morgan fingerprint density at radius 3 is 0.678 bits per heavy atom. The minimum Gasteiger partial charge on any atom is -0.256 e. The van der Waals surface area contributed by atoms with E-state index < -0.39 is 0 Å². The van der Waals surface area contributed by atoms with E-state index in [1.165, 1.54) is 135 Å². The van der Waals surface area contributed by atoms with Crippen LogP contribution in [0.25, 0.3) is 286 Å². The van der Waals surface area contributed by atoms with Gasteiger partial charge in [-0.3, -0.25) is 15.0 Å². The van der Waals surface area contributed by atoms with Gasteiger partial charge in [-0.15, -0.1) is 0 Å². The number of para-hydroxylation sites is 1. The molecule has 0 amide bonds. The van der Waals surface area contributed by atoms with Crippen molar-refractivity contribution in [2.75, 3.05) is 0 Å². The van der Waals surface area contributed by atoms with Gasteiger partial charge in [0, 0.05) is 96.1 Å². The zero-order valence-electron chi connectivity index (χ0n) is 79.1. The third-order valence-electron chi connectivity index (χ3n) is 28.7. The molecule has 0 fully saturated rings. The van der Waals surface area contributed by atoms with E-state index in [4.69, 9.17) is 39.9 Å². The van der Waals surface area contributed by atoms with Crippen molar-refractivity contribution in [2.45, 2.75) is 0 Å². The van der Waals surface area contributed by atoms with Crippen LogP contribution in [0.3, 0.4) is 0 Å². The summed E-state index contributed by atoms with van der Waals surface area (Å²) < 4.78 is 0.